The quantitative estimate of drug-likeness (QED) is 0.502. The van der Waals surface area contributed by atoms with E-state index >= 15 is 0 Å². The van der Waals surface area contributed by atoms with Crippen LogP contribution in [0.4, 0.5) is 5.69 Å². The molecule has 3 heterocycles. The molecule has 0 bridgehead atoms. The number of aryl methyl sites for hydroxylation is 2. The summed E-state index contributed by atoms with van der Waals surface area (Å²) in [6.45, 7) is 3.98. The van der Waals surface area contributed by atoms with Crippen LogP contribution < -0.4 is 5.32 Å². The zero-order valence-electron chi connectivity index (χ0n) is 17.3. The Morgan fingerprint density at radius 2 is 2.00 bits per heavy atom. The van der Waals surface area contributed by atoms with E-state index in [0.717, 1.165) is 64.4 Å². The molecule has 6 rings (SSSR count). The van der Waals surface area contributed by atoms with Gasteiger partial charge < -0.3 is 5.32 Å². The third-order valence-electron chi connectivity index (χ3n) is 5.90. The normalized spacial score (nSPS) is 16.1. The maximum atomic E-state index is 13.1. The Hall–Kier alpha value is -3.20. The minimum atomic E-state index is -0.133. The fourth-order valence-electron chi connectivity index (χ4n) is 3.97. The second-order valence-electron chi connectivity index (χ2n) is 8.39. The Morgan fingerprint density at radius 1 is 1.16 bits per heavy atom. The first kappa shape index (κ1) is 18.6. The first-order chi connectivity index (χ1) is 15.1. The highest BCUT2D eigenvalue weighted by Gasteiger charge is 2.29. The molecule has 1 amide bonds. The average molecular weight is 432 g/mol. The molecule has 2 saturated carbocycles. The highest BCUT2D eigenvalue weighted by Crippen LogP contribution is 2.41. The Balaban J connectivity index is 1.31. The average Bonchev–Trinajstić information content (AvgIpc) is 3.69. The van der Waals surface area contributed by atoms with Gasteiger partial charge in [0.2, 0.25) is 0 Å². The van der Waals surface area contributed by atoms with Crippen LogP contribution in [-0.4, -0.2) is 36.1 Å². The molecule has 3 aromatic heterocycles. The smallest absolute Gasteiger partial charge is 0.266 e. The minimum absolute atomic E-state index is 0.133. The lowest BCUT2D eigenvalue weighted by molar-refractivity contribution is 0.103. The number of tetrazole rings is 1. The van der Waals surface area contributed by atoms with Crippen molar-refractivity contribution in [2.75, 3.05) is 5.32 Å². The van der Waals surface area contributed by atoms with Crippen molar-refractivity contribution in [3.8, 4) is 11.4 Å². The first-order valence-electron chi connectivity index (χ1n) is 10.6. The maximum Gasteiger partial charge on any atom is 0.266 e. The third-order valence-corrected chi connectivity index (χ3v) is 7.09. The number of amides is 1. The van der Waals surface area contributed by atoms with E-state index in [0.29, 0.717) is 22.5 Å². The Labute approximate surface area is 182 Å². The van der Waals surface area contributed by atoms with Crippen LogP contribution >= 0.6 is 11.3 Å². The highest BCUT2D eigenvalue weighted by molar-refractivity contribution is 7.20. The molecule has 0 radical (unpaired) electrons. The van der Waals surface area contributed by atoms with Gasteiger partial charge in [-0.25, -0.2) is 14.6 Å². The molecular formula is C22H21N7OS. The number of nitrogens with one attached hydrogen (secondary N) is 1. The van der Waals surface area contributed by atoms with Gasteiger partial charge in [-0.15, -0.1) is 16.4 Å². The van der Waals surface area contributed by atoms with E-state index in [2.05, 4.69) is 20.8 Å². The summed E-state index contributed by atoms with van der Waals surface area (Å²) in [6.07, 6.45) is 4.51. The number of hydrogen-bond acceptors (Lipinski definition) is 7. The van der Waals surface area contributed by atoms with E-state index in [1.54, 1.807) is 0 Å². The second-order valence-corrected chi connectivity index (χ2v) is 9.39. The highest BCUT2D eigenvalue weighted by atomic mass is 32.1. The van der Waals surface area contributed by atoms with Crippen LogP contribution in [0, 0.1) is 13.8 Å². The maximum absolute atomic E-state index is 13.1. The molecule has 31 heavy (non-hydrogen) atoms. The van der Waals surface area contributed by atoms with Gasteiger partial charge in [-0.2, -0.15) is 0 Å². The van der Waals surface area contributed by atoms with Crippen LogP contribution in [0.5, 0.6) is 0 Å². The van der Waals surface area contributed by atoms with Crippen molar-refractivity contribution in [2.24, 2.45) is 0 Å². The molecule has 0 unspecified atom stereocenters. The first-order valence-corrected chi connectivity index (χ1v) is 11.4. The van der Waals surface area contributed by atoms with Crippen LogP contribution in [0.2, 0.25) is 0 Å². The summed E-state index contributed by atoms with van der Waals surface area (Å²) in [5, 5.41) is 16.2. The molecule has 2 aliphatic rings. The monoisotopic (exact) mass is 431 g/mol. The second kappa shape index (κ2) is 6.91. The van der Waals surface area contributed by atoms with E-state index in [9.17, 15) is 4.79 Å². The Morgan fingerprint density at radius 3 is 2.77 bits per heavy atom. The van der Waals surface area contributed by atoms with Crippen molar-refractivity contribution in [1.29, 1.82) is 0 Å². The van der Waals surface area contributed by atoms with Crippen LogP contribution in [0.3, 0.4) is 0 Å². The summed E-state index contributed by atoms with van der Waals surface area (Å²) in [4.78, 5) is 24.2. The lowest BCUT2D eigenvalue weighted by atomic mass is 10.1. The van der Waals surface area contributed by atoms with Gasteiger partial charge in [-0.05, 0) is 67.7 Å². The van der Waals surface area contributed by atoms with Gasteiger partial charge in [0, 0.05) is 22.6 Å². The van der Waals surface area contributed by atoms with Crippen LogP contribution in [0.25, 0.3) is 21.6 Å². The summed E-state index contributed by atoms with van der Waals surface area (Å²) in [6, 6.07) is 8.05. The molecule has 0 spiro atoms. The minimum Gasteiger partial charge on any atom is -0.321 e. The molecule has 1 N–H and O–H groups in total. The van der Waals surface area contributed by atoms with E-state index in [1.165, 1.54) is 11.3 Å². The molecule has 156 valence electrons. The van der Waals surface area contributed by atoms with E-state index < -0.39 is 0 Å². The van der Waals surface area contributed by atoms with Gasteiger partial charge in [-0.3, -0.25) is 4.79 Å². The number of carbonyl (C=O) groups excluding carboxylic acids is 1. The summed E-state index contributed by atoms with van der Waals surface area (Å²) in [5.41, 5.74) is 3.49. The molecule has 8 nitrogen and oxygen atoms in total. The molecule has 9 heteroatoms. The van der Waals surface area contributed by atoms with Crippen molar-refractivity contribution in [3.05, 3.63) is 46.2 Å². The molecule has 0 saturated heterocycles. The lowest BCUT2D eigenvalue weighted by Gasteiger charge is -2.07. The Kier molecular flexibility index (Phi) is 4.14. The predicted octanol–water partition coefficient (Wildman–Crippen LogP) is 4.43. The summed E-state index contributed by atoms with van der Waals surface area (Å²) in [7, 11) is 0. The summed E-state index contributed by atoms with van der Waals surface area (Å²) in [5.74, 6) is 2.00. The van der Waals surface area contributed by atoms with Gasteiger partial charge in [-0.1, -0.05) is 12.1 Å². The third kappa shape index (κ3) is 3.29. The number of fused-ring (bicyclic) bond motifs is 1. The van der Waals surface area contributed by atoms with E-state index in [-0.39, 0.29) is 5.91 Å². The van der Waals surface area contributed by atoms with Crippen molar-refractivity contribution < 1.29 is 4.79 Å². The number of nitrogens with zero attached hydrogens (tertiary/aromatic N) is 6. The van der Waals surface area contributed by atoms with Crippen LogP contribution in [0.1, 0.15) is 64.4 Å². The molecule has 2 aliphatic carbocycles. The van der Waals surface area contributed by atoms with Gasteiger partial charge in [0.05, 0.1) is 16.6 Å². The van der Waals surface area contributed by atoms with Gasteiger partial charge in [0.1, 0.15) is 10.7 Å². The van der Waals surface area contributed by atoms with Gasteiger partial charge in [0.25, 0.3) is 5.91 Å². The van der Waals surface area contributed by atoms with Crippen molar-refractivity contribution in [3.63, 3.8) is 0 Å². The molecular weight excluding hydrogens is 410 g/mol. The number of rotatable bonds is 5. The fourth-order valence-corrected chi connectivity index (χ4v) is 5.11. The summed E-state index contributed by atoms with van der Waals surface area (Å²) >= 11 is 1.44. The molecule has 4 aromatic rings. The Bertz CT molecular complexity index is 1330. The lowest BCUT2D eigenvalue weighted by Crippen LogP contribution is -2.11. The predicted molar refractivity (Wildman–Crippen MR) is 118 cm³/mol. The number of aromatic nitrogens is 6. The molecule has 2 fully saturated rings. The number of benzene rings is 1. The van der Waals surface area contributed by atoms with Crippen LogP contribution in [0.15, 0.2) is 24.3 Å². The van der Waals surface area contributed by atoms with E-state index in [4.69, 9.17) is 9.97 Å². The number of anilines is 1. The topological polar surface area (TPSA) is 98.5 Å². The zero-order valence-corrected chi connectivity index (χ0v) is 18.1. The van der Waals surface area contributed by atoms with E-state index in [1.807, 2.05) is 42.8 Å². The standard InChI is InChI=1S/C22H21N7OS/c1-11-17-12(2)23-19(13-6-7-13)25-22(17)31-18(11)21(30)24-15-5-3-4-14(10-15)20-26-27-28-29(20)16-8-9-16/h3-5,10,13,16H,6-9H2,1-2H3,(H,24,30). The fraction of sp³-hybridized carbons (Fsp3) is 0.364. The number of carbonyl (C=O) groups is 1. The largest absolute Gasteiger partial charge is 0.321 e. The van der Waals surface area contributed by atoms with Crippen molar-refractivity contribution in [2.45, 2.75) is 51.5 Å². The number of hydrogen-bond donors (Lipinski definition) is 1. The molecule has 0 atom stereocenters. The SMILES string of the molecule is Cc1nc(C2CC2)nc2sc(C(=O)Nc3cccc(-c4nnnn4C4CC4)c3)c(C)c12. The summed E-state index contributed by atoms with van der Waals surface area (Å²) < 4.78 is 1.87. The van der Waals surface area contributed by atoms with Crippen molar-refractivity contribution >= 4 is 33.1 Å². The number of thiophene rings is 1. The van der Waals surface area contributed by atoms with Crippen molar-refractivity contribution in [1.82, 2.24) is 30.2 Å². The van der Waals surface area contributed by atoms with Gasteiger partial charge >= 0.3 is 0 Å². The molecule has 0 aliphatic heterocycles. The molecule has 1 aromatic carbocycles. The van der Waals surface area contributed by atoms with Crippen LogP contribution in [-0.2, 0) is 0 Å². The zero-order chi connectivity index (χ0) is 21.1. The van der Waals surface area contributed by atoms with Gasteiger partial charge in [0.15, 0.2) is 5.82 Å².